The molecule has 1 atom stereocenters. The average molecular weight is 554 g/mol. The van der Waals surface area contributed by atoms with Crippen LogP contribution in [0.3, 0.4) is 0 Å². The molecule has 3 aromatic rings. The molecule has 3 rings (SSSR count). The van der Waals surface area contributed by atoms with Crippen molar-refractivity contribution in [3.8, 4) is 0 Å². The SMILES string of the molecule is CCCNC(=O)C(Cc1ccccc1)N(Cc1ccc(F)cc1)C(=O)CN(c1ccc(C)c(C)c1)S(C)(=O)=O. The summed E-state index contributed by atoms with van der Waals surface area (Å²) in [7, 11) is -3.84. The first kappa shape index (κ1) is 29.8. The molecule has 0 aromatic heterocycles. The molecule has 0 aliphatic heterocycles. The number of carbonyl (C=O) groups is 2. The first-order valence-electron chi connectivity index (χ1n) is 12.9. The van der Waals surface area contributed by atoms with E-state index in [1.807, 2.05) is 51.1 Å². The van der Waals surface area contributed by atoms with Crippen LogP contribution in [0.15, 0.2) is 72.8 Å². The Kier molecular flexibility index (Phi) is 10.2. The van der Waals surface area contributed by atoms with Crippen molar-refractivity contribution in [1.29, 1.82) is 0 Å². The molecule has 7 nitrogen and oxygen atoms in total. The first-order valence-corrected chi connectivity index (χ1v) is 14.7. The van der Waals surface area contributed by atoms with Gasteiger partial charge in [-0.3, -0.25) is 13.9 Å². The Morgan fingerprint density at radius 2 is 1.59 bits per heavy atom. The molecule has 0 saturated heterocycles. The number of sulfonamides is 1. The zero-order valence-electron chi connectivity index (χ0n) is 22.9. The van der Waals surface area contributed by atoms with Crippen LogP contribution < -0.4 is 9.62 Å². The highest BCUT2D eigenvalue weighted by atomic mass is 32.2. The summed E-state index contributed by atoms with van der Waals surface area (Å²) in [5.41, 5.74) is 3.71. The number of halogens is 1. The Morgan fingerprint density at radius 1 is 0.923 bits per heavy atom. The maximum atomic E-state index is 14.0. The summed E-state index contributed by atoms with van der Waals surface area (Å²) in [6.45, 7) is 5.66. The van der Waals surface area contributed by atoms with Crippen LogP contribution in [0, 0.1) is 19.7 Å². The summed E-state index contributed by atoms with van der Waals surface area (Å²) in [5, 5.41) is 2.89. The number of rotatable bonds is 12. The molecule has 0 aliphatic carbocycles. The fourth-order valence-electron chi connectivity index (χ4n) is 4.20. The summed E-state index contributed by atoms with van der Waals surface area (Å²) in [6, 6.07) is 19.3. The van der Waals surface area contributed by atoms with E-state index >= 15 is 0 Å². The van der Waals surface area contributed by atoms with Gasteiger partial charge in [0, 0.05) is 19.5 Å². The van der Waals surface area contributed by atoms with Gasteiger partial charge in [0.1, 0.15) is 18.4 Å². The van der Waals surface area contributed by atoms with E-state index in [1.54, 1.807) is 30.3 Å². The monoisotopic (exact) mass is 553 g/mol. The predicted molar refractivity (Wildman–Crippen MR) is 152 cm³/mol. The van der Waals surface area contributed by atoms with Gasteiger partial charge in [-0.25, -0.2) is 12.8 Å². The zero-order chi connectivity index (χ0) is 28.6. The van der Waals surface area contributed by atoms with Crippen LogP contribution in [0.2, 0.25) is 0 Å². The molecule has 0 saturated carbocycles. The number of aryl methyl sites for hydroxylation is 2. The Labute approximate surface area is 230 Å². The third kappa shape index (κ3) is 8.38. The lowest BCUT2D eigenvalue weighted by Crippen LogP contribution is -2.53. The third-order valence-electron chi connectivity index (χ3n) is 6.54. The number of amides is 2. The molecule has 2 amide bonds. The molecule has 0 fully saturated rings. The lowest BCUT2D eigenvalue weighted by molar-refractivity contribution is -0.140. The number of carbonyl (C=O) groups excluding carboxylic acids is 2. The van der Waals surface area contributed by atoms with Crippen molar-refractivity contribution in [2.24, 2.45) is 0 Å². The summed E-state index contributed by atoms with van der Waals surface area (Å²) >= 11 is 0. The first-order chi connectivity index (χ1) is 18.5. The molecule has 1 unspecified atom stereocenters. The third-order valence-corrected chi connectivity index (χ3v) is 7.68. The minimum absolute atomic E-state index is 0.000681. The largest absolute Gasteiger partial charge is 0.354 e. The summed E-state index contributed by atoms with van der Waals surface area (Å²) in [6.07, 6.45) is 1.99. The fraction of sp³-hybridized carbons (Fsp3) is 0.333. The molecule has 3 aromatic carbocycles. The van der Waals surface area contributed by atoms with Gasteiger partial charge in [-0.2, -0.15) is 0 Å². The number of benzene rings is 3. The van der Waals surface area contributed by atoms with Gasteiger partial charge in [-0.1, -0.05) is 55.5 Å². The predicted octanol–water partition coefficient (Wildman–Crippen LogP) is 4.37. The van der Waals surface area contributed by atoms with Gasteiger partial charge in [0.15, 0.2) is 0 Å². The second kappa shape index (κ2) is 13.4. The van der Waals surface area contributed by atoms with Crippen LogP contribution in [0.5, 0.6) is 0 Å². The maximum absolute atomic E-state index is 14.0. The molecule has 0 heterocycles. The minimum atomic E-state index is -3.84. The molecular weight excluding hydrogens is 517 g/mol. The van der Waals surface area contributed by atoms with E-state index in [9.17, 15) is 22.4 Å². The van der Waals surface area contributed by atoms with Crippen LogP contribution in [0.4, 0.5) is 10.1 Å². The summed E-state index contributed by atoms with van der Waals surface area (Å²) in [5.74, 6) is -1.31. The molecule has 1 N–H and O–H groups in total. The van der Waals surface area contributed by atoms with Crippen molar-refractivity contribution in [3.05, 3.63) is 101 Å². The summed E-state index contributed by atoms with van der Waals surface area (Å²) in [4.78, 5) is 28.8. The summed E-state index contributed by atoms with van der Waals surface area (Å²) < 4.78 is 40.4. The van der Waals surface area contributed by atoms with E-state index in [1.165, 1.54) is 17.0 Å². The van der Waals surface area contributed by atoms with Crippen molar-refractivity contribution in [1.82, 2.24) is 10.2 Å². The highest BCUT2D eigenvalue weighted by molar-refractivity contribution is 7.92. The van der Waals surface area contributed by atoms with Crippen LogP contribution in [0.1, 0.15) is 35.6 Å². The minimum Gasteiger partial charge on any atom is -0.354 e. The Hall–Kier alpha value is -3.72. The van der Waals surface area contributed by atoms with Crippen LogP contribution in [0.25, 0.3) is 0 Å². The van der Waals surface area contributed by atoms with E-state index in [4.69, 9.17) is 0 Å². The Balaban J connectivity index is 2.04. The second-order valence-electron chi connectivity index (χ2n) is 9.68. The van der Waals surface area contributed by atoms with Gasteiger partial charge in [0.25, 0.3) is 0 Å². The zero-order valence-corrected chi connectivity index (χ0v) is 23.7. The number of nitrogens with one attached hydrogen (secondary N) is 1. The van der Waals surface area contributed by atoms with Gasteiger partial charge in [-0.15, -0.1) is 0 Å². The van der Waals surface area contributed by atoms with E-state index in [0.717, 1.165) is 27.3 Å². The Morgan fingerprint density at radius 3 is 2.18 bits per heavy atom. The fourth-order valence-corrected chi connectivity index (χ4v) is 5.04. The second-order valence-corrected chi connectivity index (χ2v) is 11.6. The molecule has 39 heavy (non-hydrogen) atoms. The standard InChI is InChI=1S/C30H36FN3O4S/c1-5-17-32-30(36)28(19-24-9-7-6-8-10-24)33(20-25-12-14-26(31)15-13-25)29(35)21-34(39(4,37)38)27-16-11-22(2)23(3)18-27/h6-16,18,28H,5,17,19-21H2,1-4H3,(H,32,36). The topological polar surface area (TPSA) is 86.8 Å². The van der Waals surface area contributed by atoms with Gasteiger partial charge in [-0.05, 0) is 66.8 Å². The van der Waals surface area contributed by atoms with E-state index in [-0.39, 0.29) is 18.9 Å². The van der Waals surface area contributed by atoms with Crippen molar-refractivity contribution in [2.75, 3.05) is 23.7 Å². The molecule has 0 aliphatic rings. The van der Waals surface area contributed by atoms with Crippen LogP contribution in [-0.4, -0.2) is 50.5 Å². The van der Waals surface area contributed by atoms with Crippen molar-refractivity contribution in [3.63, 3.8) is 0 Å². The van der Waals surface area contributed by atoms with E-state index in [2.05, 4.69) is 5.32 Å². The molecule has 0 spiro atoms. The highest BCUT2D eigenvalue weighted by Crippen LogP contribution is 2.23. The van der Waals surface area contributed by atoms with Crippen LogP contribution in [-0.2, 0) is 32.6 Å². The normalized spacial score (nSPS) is 12.0. The van der Waals surface area contributed by atoms with Gasteiger partial charge >= 0.3 is 0 Å². The maximum Gasteiger partial charge on any atom is 0.244 e. The lowest BCUT2D eigenvalue weighted by Gasteiger charge is -2.33. The van der Waals surface area contributed by atoms with Crippen molar-refractivity contribution < 1.29 is 22.4 Å². The van der Waals surface area contributed by atoms with Crippen molar-refractivity contribution in [2.45, 2.75) is 46.2 Å². The molecule has 0 bridgehead atoms. The highest BCUT2D eigenvalue weighted by Gasteiger charge is 2.33. The quantitative estimate of drug-likeness (QED) is 0.361. The van der Waals surface area contributed by atoms with Gasteiger partial charge in [0.2, 0.25) is 21.8 Å². The number of hydrogen-bond donors (Lipinski definition) is 1. The number of hydrogen-bond acceptors (Lipinski definition) is 4. The van der Waals surface area contributed by atoms with Gasteiger partial charge in [0.05, 0.1) is 11.9 Å². The molecule has 9 heteroatoms. The van der Waals surface area contributed by atoms with E-state index < -0.39 is 34.3 Å². The smallest absolute Gasteiger partial charge is 0.244 e. The van der Waals surface area contributed by atoms with Gasteiger partial charge < -0.3 is 10.2 Å². The number of nitrogens with zero attached hydrogens (tertiary/aromatic N) is 2. The Bertz CT molecular complexity index is 1380. The van der Waals surface area contributed by atoms with Crippen molar-refractivity contribution >= 4 is 27.5 Å². The van der Waals surface area contributed by atoms with Crippen LogP contribution >= 0.6 is 0 Å². The molecular formula is C30H36FN3O4S. The molecule has 0 radical (unpaired) electrons. The average Bonchev–Trinajstić information content (AvgIpc) is 2.90. The lowest BCUT2D eigenvalue weighted by atomic mass is 10.0. The molecule has 208 valence electrons. The number of anilines is 1. The van der Waals surface area contributed by atoms with E-state index in [0.29, 0.717) is 24.2 Å².